The van der Waals surface area contributed by atoms with Crippen molar-refractivity contribution in [2.75, 3.05) is 13.7 Å². The molecule has 2 aromatic carbocycles. The lowest BCUT2D eigenvalue weighted by Crippen LogP contribution is -2.28. The predicted octanol–water partition coefficient (Wildman–Crippen LogP) is 4.87. The lowest BCUT2D eigenvalue weighted by molar-refractivity contribution is 0.0946. The second-order valence-corrected chi connectivity index (χ2v) is 7.72. The summed E-state index contributed by atoms with van der Waals surface area (Å²) in [5, 5.41) is 5.00. The van der Waals surface area contributed by atoms with Crippen molar-refractivity contribution in [1.29, 1.82) is 0 Å². The number of benzene rings is 2. The van der Waals surface area contributed by atoms with E-state index < -0.39 is 0 Å². The van der Waals surface area contributed by atoms with Crippen LogP contribution in [0, 0.1) is 5.82 Å². The quantitative estimate of drug-likeness (QED) is 0.474. The smallest absolute Gasteiger partial charge is 0.267 e. The molecule has 29 heavy (non-hydrogen) atoms. The Kier molecular flexibility index (Phi) is 5.62. The van der Waals surface area contributed by atoms with Crippen molar-refractivity contribution >= 4 is 27.5 Å². The number of carbonyl (C=O) groups is 1. The molecule has 4 aromatic rings. The highest BCUT2D eigenvalue weighted by Crippen LogP contribution is 2.26. The van der Waals surface area contributed by atoms with E-state index in [0.29, 0.717) is 25.2 Å². The van der Waals surface area contributed by atoms with Gasteiger partial charge in [-0.3, -0.25) is 4.79 Å². The highest BCUT2D eigenvalue weighted by atomic mass is 32.1. The van der Waals surface area contributed by atoms with Gasteiger partial charge in [-0.1, -0.05) is 24.3 Å². The summed E-state index contributed by atoms with van der Waals surface area (Å²) in [6.45, 7) is 0.960. The first-order chi connectivity index (χ1) is 14.1. The fourth-order valence-electron chi connectivity index (χ4n) is 3.39. The summed E-state index contributed by atoms with van der Waals surface area (Å²) in [6, 6.07) is 18.2. The number of fused-ring (bicyclic) bond motifs is 1. The van der Waals surface area contributed by atoms with Gasteiger partial charge in [0.05, 0.1) is 17.3 Å². The fourth-order valence-corrected chi connectivity index (χ4v) is 4.21. The van der Waals surface area contributed by atoms with Crippen LogP contribution in [-0.2, 0) is 13.0 Å². The number of hydrogen-bond acceptors (Lipinski definition) is 3. The topological polar surface area (TPSA) is 43.3 Å². The Bertz CT molecular complexity index is 1150. The van der Waals surface area contributed by atoms with Crippen molar-refractivity contribution in [3.8, 4) is 5.75 Å². The average molecular weight is 408 g/mol. The zero-order valence-electron chi connectivity index (χ0n) is 16.0. The van der Waals surface area contributed by atoms with Crippen molar-refractivity contribution in [3.05, 3.63) is 88.7 Å². The Hall–Kier alpha value is -3.12. The highest BCUT2D eigenvalue weighted by Gasteiger charge is 2.16. The molecule has 0 fully saturated rings. The number of rotatable bonds is 7. The molecule has 148 valence electrons. The van der Waals surface area contributed by atoms with Crippen LogP contribution in [0.5, 0.6) is 5.75 Å². The average Bonchev–Trinajstić information content (AvgIpc) is 3.31. The van der Waals surface area contributed by atoms with Gasteiger partial charge in [-0.25, -0.2) is 4.39 Å². The summed E-state index contributed by atoms with van der Waals surface area (Å²) in [5.41, 5.74) is 3.49. The first kappa shape index (κ1) is 19.2. The number of hydrogen-bond donors (Lipinski definition) is 1. The van der Waals surface area contributed by atoms with Crippen LogP contribution in [0.2, 0.25) is 0 Å². The molecular weight excluding hydrogens is 387 g/mol. The third-order valence-electron chi connectivity index (χ3n) is 4.82. The van der Waals surface area contributed by atoms with Crippen LogP contribution in [-0.4, -0.2) is 24.1 Å². The molecule has 0 spiro atoms. The minimum atomic E-state index is -0.277. The summed E-state index contributed by atoms with van der Waals surface area (Å²) in [4.78, 5) is 12.9. The molecule has 0 unspecified atom stereocenters. The van der Waals surface area contributed by atoms with E-state index in [2.05, 4.69) is 5.32 Å². The van der Waals surface area contributed by atoms with Gasteiger partial charge >= 0.3 is 0 Å². The van der Waals surface area contributed by atoms with Crippen LogP contribution < -0.4 is 10.1 Å². The molecule has 1 amide bonds. The monoisotopic (exact) mass is 408 g/mol. The Balaban J connectivity index is 1.50. The van der Waals surface area contributed by atoms with Crippen molar-refractivity contribution in [1.82, 2.24) is 9.88 Å². The Morgan fingerprint density at radius 3 is 2.76 bits per heavy atom. The number of thiophene rings is 1. The Morgan fingerprint density at radius 1 is 1.10 bits per heavy atom. The number of methoxy groups -OCH3 is 1. The normalized spacial score (nSPS) is 11.0. The van der Waals surface area contributed by atoms with Gasteiger partial charge in [-0.2, -0.15) is 0 Å². The van der Waals surface area contributed by atoms with Crippen molar-refractivity contribution in [2.45, 2.75) is 13.0 Å². The molecule has 2 aromatic heterocycles. The number of ether oxygens (including phenoxy) is 1. The highest BCUT2D eigenvalue weighted by molar-refractivity contribution is 7.17. The van der Waals surface area contributed by atoms with Gasteiger partial charge in [0.15, 0.2) is 0 Å². The summed E-state index contributed by atoms with van der Waals surface area (Å²) < 4.78 is 21.8. The molecule has 0 radical (unpaired) electrons. The number of aromatic nitrogens is 1. The fraction of sp³-hybridized carbons (Fsp3) is 0.174. The Labute approximate surface area is 172 Å². The molecule has 1 N–H and O–H groups in total. The molecule has 0 saturated carbocycles. The first-order valence-corrected chi connectivity index (χ1v) is 10.2. The number of amides is 1. The van der Waals surface area contributed by atoms with Crippen LogP contribution in [0.15, 0.2) is 66.0 Å². The molecule has 0 aliphatic heterocycles. The van der Waals surface area contributed by atoms with Crippen molar-refractivity contribution < 1.29 is 13.9 Å². The molecule has 0 bridgehead atoms. The largest absolute Gasteiger partial charge is 0.497 e. The van der Waals surface area contributed by atoms with Crippen LogP contribution >= 0.6 is 11.3 Å². The molecule has 6 heteroatoms. The van der Waals surface area contributed by atoms with E-state index in [9.17, 15) is 9.18 Å². The van der Waals surface area contributed by atoms with Gasteiger partial charge in [0.25, 0.3) is 5.91 Å². The summed E-state index contributed by atoms with van der Waals surface area (Å²) in [6.07, 6.45) is 0.710. The third kappa shape index (κ3) is 4.32. The zero-order valence-corrected chi connectivity index (χ0v) is 16.8. The van der Waals surface area contributed by atoms with Crippen molar-refractivity contribution in [3.63, 3.8) is 0 Å². The van der Waals surface area contributed by atoms with Gasteiger partial charge in [-0.05, 0) is 59.3 Å². The van der Waals surface area contributed by atoms with Gasteiger partial charge in [0.2, 0.25) is 0 Å². The standard InChI is InChI=1S/C23H21FN2O2S/c1-28-19-7-3-4-16(13-19)8-10-25-23(27)21-14-22-20(9-11-29-22)26(21)15-17-5-2-6-18(24)12-17/h2-7,9,11-14H,8,10,15H2,1H3,(H,25,27). The minimum Gasteiger partial charge on any atom is -0.497 e. The van der Waals surface area contributed by atoms with Crippen molar-refractivity contribution in [2.24, 2.45) is 0 Å². The van der Waals surface area contributed by atoms with E-state index in [0.717, 1.165) is 27.1 Å². The number of carbonyl (C=O) groups excluding carboxylic acids is 1. The van der Waals surface area contributed by atoms with Crippen LogP contribution in [0.25, 0.3) is 10.2 Å². The first-order valence-electron chi connectivity index (χ1n) is 9.36. The molecule has 0 aliphatic carbocycles. The number of nitrogens with one attached hydrogen (secondary N) is 1. The molecule has 0 atom stereocenters. The maximum atomic E-state index is 13.6. The van der Waals surface area contributed by atoms with E-state index >= 15 is 0 Å². The predicted molar refractivity (Wildman–Crippen MR) is 114 cm³/mol. The molecule has 0 saturated heterocycles. The van der Waals surface area contributed by atoms with Gasteiger partial charge < -0.3 is 14.6 Å². The van der Waals surface area contributed by atoms with E-state index in [1.54, 1.807) is 24.5 Å². The summed E-state index contributed by atoms with van der Waals surface area (Å²) in [5.74, 6) is 0.395. The third-order valence-corrected chi connectivity index (χ3v) is 5.67. The maximum Gasteiger partial charge on any atom is 0.267 e. The number of nitrogens with zero attached hydrogens (tertiary/aromatic N) is 1. The molecular formula is C23H21FN2O2S. The minimum absolute atomic E-state index is 0.132. The van der Waals surface area contributed by atoms with Crippen LogP contribution in [0.3, 0.4) is 0 Å². The van der Waals surface area contributed by atoms with Gasteiger partial charge in [0, 0.05) is 13.1 Å². The Morgan fingerprint density at radius 2 is 1.93 bits per heavy atom. The van der Waals surface area contributed by atoms with Gasteiger partial charge in [0.1, 0.15) is 17.3 Å². The van der Waals surface area contributed by atoms with E-state index in [4.69, 9.17) is 4.74 Å². The zero-order chi connectivity index (χ0) is 20.2. The summed E-state index contributed by atoms with van der Waals surface area (Å²) >= 11 is 1.59. The number of halogens is 1. The molecule has 2 heterocycles. The lowest BCUT2D eigenvalue weighted by Gasteiger charge is -2.11. The van der Waals surface area contributed by atoms with E-state index in [-0.39, 0.29) is 11.7 Å². The lowest BCUT2D eigenvalue weighted by atomic mass is 10.1. The second-order valence-electron chi connectivity index (χ2n) is 6.77. The van der Waals surface area contributed by atoms with Crippen LogP contribution in [0.4, 0.5) is 4.39 Å². The molecule has 4 rings (SSSR count). The second kappa shape index (κ2) is 8.49. The maximum absolute atomic E-state index is 13.6. The van der Waals surface area contributed by atoms with Crippen LogP contribution in [0.1, 0.15) is 21.6 Å². The summed E-state index contributed by atoms with van der Waals surface area (Å²) in [7, 11) is 1.64. The SMILES string of the molecule is COc1cccc(CCNC(=O)c2cc3sccc3n2Cc2cccc(F)c2)c1. The molecule has 0 aliphatic rings. The van der Waals surface area contributed by atoms with Gasteiger partial charge in [-0.15, -0.1) is 11.3 Å². The van der Waals surface area contributed by atoms with E-state index in [1.165, 1.54) is 12.1 Å². The molecule has 4 nitrogen and oxygen atoms in total. The van der Waals surface area contributed by atoms with E-state index in [1.807, 2.05) is 52.4 Å².